The van der Waals surface area contributed by atoms with Crippen molar-refractivity contribution < 1.29 is 9.21 Å². The Balaban J connectivity index is 1.52. The molecule has 0 bridgehead atoms. The van der Waals surface area contributed by atoms with Crippen molar-refractivity contribution in [3.8, 4) is 22.0 Å². The number of aryl methyl sites for hydroxylation is 1. The molecule has 0 radical (unpaired) electrons. The Morgan fingerprint density at radius 3 is 2.69 bits per heavy atom. The average molecular weight is 418 g/mol. The fraction of sp³-hybridized carbons (Fsp3) is 0.0455. The van der Waals surface area contributed by atoms with Gasteiger partial charge in [-0.05, 0) is 42.6 Å². The highest BCUT2D eigenvalue weighted by Gasteiger charge is 2.17. The van der Waals surface area contributed by atoms with Gasteiger partial charge in [0.1, 0.15) is 11.5 Å². The summed E-state index contributed by atoms with van der Waals surface area (Å²) in [6.45, 7) is 1.88. The first-order valence-corrected chi connectivity index (χ1v) is 10.7. The van der Waals surface area contributed by atoms with E-state index < -0.39 is 0 Å². The third-order valence-corrected chi connectivity index (χ3v) is 6.10. The minimum Gasteiger partial charge on any atom is -0.460 e. The number of amides is 1. The second-order valence-electron chi connectivity index (χ2n) is 6.45. The molecule has 0 aliphatic heterocycles. The van der Waals surface area contributed by atoms with Gasteiger partial charge in [0.05, 0.1) is 21.7 Å². The summed E-state index contributed by atoms with van der Waals surface area (Å²) in [7, 11) is 0. The molecule has 0 aliphatic rings. The van der Waals surface area contributed by atoms with Gasteiger partial charge in [0, 0.05) is 10.8 Å². The van der Waals surface area contributed by atoms with E-state index >= 15 is 0 Å². The molecule has 0 fully saturated rings. The molecule has 29 heavy (non-hydrogen) atoms. The molecule has 1 aromatic carbocycles. The number of nitrogens with one attached hydrogen (secondary N) is 1. The van der Waals surface area contributed by atoms with E-state index in [9.17, 15) is 4.79 Å². The monoisotopic (exact) mass is 417 g/mol. The van der Waals surface area contributed by atoms with Gasteiger partial charge < -0.3 is 4.42 Å². The van der Waals surface area contributed by atoms with Crippen molar-refractivity contribution in [1.29, 1.82) is 0 Å². The number of rotatable bonds is 4. The molecule has 0 atom stereocenters. The molecule has 0 saturated heterocycles. The molecule has 5 aromatic rings. The molecule has 1 N–H and O–H groups in total. The number of carbonyl (C=O) groups is 1. The van der Waals surface area contributed by atoms with Crippen LogP contribution in [-0.2, 0) is 0 Å². The quantitative estimate of drug-likeness (QED) is 0.376. The molecule has 4 aromatic heterocycles. The Morgan fingerprint density at radius 1 is 1.00 bits per heavy atom. The topological polar surface area (TPSA) is 68.0 Å². The van der Waals surface area contributed by atoms with Crippen LogP contribution in [0.15, 0.2) is 69.8 Å². The first-order valence-electron chi connectivity index (χ1n) is 8.95. The summed E-state index contributed by atoms with van der Waals surface area (Å²) >= 11 is 3.03. The van der Waals surface area contributed by atoms with E-state index in [4.69, 9.17) is 4.42 Å². The van der Waals surface area contributed by atoms with Crippen LogP contribution in [0.4, 0.5) is 5.13 Å². The van der Waals surface area contributed by atoms with Crippen LogP contribution in [0, 0.1) is 6.92 Å². The van der Waals surface area contributed by atoms with Crippen molar-refractivity contribution in [2.24, 2.45) is 0 Å². The van der Waals surface area contributed by atoms with Crippen LogP contribution >= 0.6 is 22.7 Å². The zero-order chi connectivity index (χ0) is 19.8. The van der Waals surface area contributed by atoms with E-state index in [0.29, 0.717) is 22.1 Å². The SMILES string of the molecule is Cc1ccc(-c2cc(C(=O)Nc3nc(-c4cccs4)cs3)c3ccccc3n2)o1. The molecule has 5 nitrogen and oxygen atoms in total. The first kappa shape index (κ1) is 17.8. The van der Waals surface area contributed by atoms with Crippen LogP contribution in [0.5, 0.6) is 0 Å². The van der Waals surface area contributed by atoms with Crippen LogP contribution in [0.3, 0.4) is 0 Å². The summed E-state index contributed by atoms with van der Waals surface area (Å²) in [6.07, 6.45) is 0. The number of benzene rings is 1. The summed E-state index contributed by atoms with van der Waals surface area (Å²) in [5.41, 5.74) is 2.77. The van der Waals surface area contributed by atoms with Crippen LogP contribution in [0.25, 0.3) is 32.9 Å². The number of furan rings is 1. The van der Waals surface area contributed by atoms with Crippen LogP contribution in [-0.4, -0.2) is 15.9 Å². The minimum absolute atomic E-state index is 0.222. The number of anilines is 1. The lowest BCUT2D eigenvalue weighted by molar-refractivity contribution is 0.102. The number of para-hydroxylation sites is 1. The average Bonchev–Trinajstić information content (AvgIpc) is 3.48. The maximum absolute atomic E-state index is 13.1. The lowest BCUT2D eigenvalue weighted by Crippen LogP contribution is -2.13. The van der Waals surface area contributed by atoms with Crippen molar-refractivity contribution in [1.82, 2.24) is 9.97 Å². The zero-order valence-electron chi connectivity index (χ0n) is 15.4. The largest absolute Gasteiger partial charge is 0.460 e. The predicted molar refractivity (Wildman–Crippen MR) is 118 cm³/mol. The Labute approximate surface area is 174 Å². The number of thiazole rings is 1. The zero-order valence-corrected chi connectivity index (χ0v) is 17.0. The Morgan fingerprint density at radius 2 is 1.90 bits per heavy atom. The highest BCUT2D eigenvalue weighted by molar-refractivity contribution is 7.16. The third kappa shape index (κ3) is 3.46. The summed E-state index contributed by atoms with van der Waals surface area (Å²) < 4.78 is 5.71. The van der Waals surface area contributed by atoms with Gasteiger partial charge in [-0.25, -0.2) is 9.97 Å². The van der Waals surface area contributed by atoms with E-state index in [-0.39, 0.29) is 5.91 Å². The summed E-state index contributed by atoms with van der Waals surface area (Å²) in [5, 5.41) is 8.24. The third-order valence-electron chi connectivity index (χ3n) is 4.45. The Hall–Kier alpha value is -3.29. The molecule has 142 valence electrons. The smallest absolute Gasteiger partial charge is 0.258 e. The van der Waals surface area contributed by atoms with Crippen molar-refractivity contribution in [2.75, 3.05) is 5.32 Å². The normalized spacial score (nSPS) is 11.1. The Bertz CT molecular complexity index is 1320. The van der Waals surface area contributed by atoms with E-state index in [1.165, 1.54) is 11.3 Å². The van der Waals surface area contributed by atoms with E-state index in [1.54, 1.807) is 17.4 Å². The van der Waals surface area contributed by atoms with Gasteiger partial charge >= 0.3 is 0 Å². The first-order chi connectivity index (χ1) is 14.2. The standard InChI is InChI=1S/C22H15N3O2S2/c1-13-8-9-19(27-13)17-11-15(14-5-2-3-6-16(14)23-17)21(26)25-22-24-18(12-29-22)20-7-4-10-28-20/h2-12H,1H3,(H,24,25,26). The lowest BCUT2D eigenvalue weighted by Gasteiger charge is -2.08. The van der Waals surface area contributed by atoms with E-state index in [0.717, 1.165) is 27.2 Å². The van der Waals surface area contributed by atoms with E-state index in [2.05, 4.69) is 15.3 Å². The van der Waals surface area contributed by atoms with Crippen LogP contribution in [0.2, 0.25) is 0 Å². The highest BCUT2D eigenvalue weighted by Crippen LogP contribution is 2.30. The van der Waals surface area contributed by atoms with Gasteiger partial charge in [-0.2, -0.15) is 0 Å². The lowest BCUT2D eigenvalue weighted by atomic mass is 10.1. The molecule has 0 spiro atoms. The van der Waals surface area contributed by atoms with E-state index in [1.807, 2.05) is 66.2 Å². The van der Waals surface area contributed by atoms with Crippen molar-refractivity contribution in [2.45, 2.75) is 6.92 Å². The van der Waals surface area contributed by atoms with Gasteiger partial charge in [0.2, 0.25) is 0 Å². The highest BCUT2D eigenvalue weighted by atomic mass is 32.1. The Kier molecular flexibility index (Phi) is 4.46. The number of aromatic nitrogens is 2. The molecular weight excluding hydrogens is 402 g/mol. The molecule has 5 rings (SSSR count). The molecular formula is C22H15N3O2S2. The molecule has 0 aliphatic carbocycles. The van der Waals surface area contributed by atoms with Crippen molar-refractivity contribution in [3.63, 3.8) is 0 Å². The number of pyridine rings is 1. The minimum atomic E-state index is -0.222. The second kappa shape index (κ2) is 7.27. The summed E-state index contributed by atoms with van der Waals surface area (Å²) in [4.78, 5) is 23.4. The number of nitrogens with zero attached hydrogens (tertiary/aromatic N) is 2. The fourth-order valence-electron chi connectivity index (χ4n) is 3.09. The van der Waals surface area contributed by atoms with Gasteiger partial charge in [-0.3, -0.25) is 10.1 Å². The summed E-state index contributed by atoms with van der Waals surface area (Å²) in [5.74, 6) is 1.21. The van der Waals surface area contributed by atoms with Crippen LogP contribution < -0.4 is 5.32 Å². The van der Waals surface area contributed by atoms with Gasteiger partial charge in [-0.15, -0.1) is 22.7 Å². The molecule has 1 amide bonds. The second-order valence-corrected chi connectivity index (χ2v) is 8.26. The fourth-order valence-corrected chi connectivity index (χ4v) is 4.56. The molecule has 0 unspecified atom stereocenters. The maximum Gasteiger partial charge on any atom is 0.258 e. The van der Waals surface area contributed by atoms with Gasteiger partial charge in [0.15, 0.2) is 10.9 Å². The van der Waals surface area contributed by atoms with Crippen molar-refractivity contribution >= 4 is 44.6 Å². The van der Waals surface area contributed by atoms with Gasteiger partial charge in [-0.1, -0.05) is 24.3 Å². The molecule has 4 heterocycles. The maximum atomic E-state index is 13.1. The number of hydrogen-bond acceptors (Lipinski definition) is 6. The number of thiophene rings is 1. The molecule has 7 heteroatoms. The number of carbonyl (C=O) groups excluding carboxylic acids is 1. The molecule has 0 saturated carbocycles. The predicted octanol–water partition coefficient (Wildman–Crippen LogP) is 6.24. The van der Waals surface area contributed by atoms with Gasteiger partial charge in [0.25, 0.3) is 5.91 Å². The van der Waals surface area contributed by atoms with Crippen molar-refractivity contribution in [3.05, 3.63) is 76.7 Å². The summed E-state index contributed by atoms with van der Waals surface area (Å²) in [6, 6.07) is 17.1. The van der Waals surface area contributed by atoms with Crippen LogP contribution in [0.1, 0.15) is 16.1 Å². The number of fused-ring (bicyclic) bond motifs is 1. The number of hydrogen-bond donors (Lipinski definition) is 1.